The van der Waals surface area contributed by atoms with Crippen LogP contribution in [-0.2, 0) is 11.3 Å². The zero-order valence-electron chi connectivity index (χ0n) is 10.5. The minimum atomic E-state index is -1.04. The average molecular weight is 261 g/mol. The number of rotatable bonds is 2. The first-order valence-electron chi connectivity index (χ1n) is 5.68. The topological polar surface area (TPSA) is 73.2 Å². The molecule has 0 unspecified atom stereocenters. The molecule has 98 valence electrons. The first-order valence-corrected chi connectivity index (χ1v) is 5.68. The first-order chi connectivity index (χ1) is 8.87. The Kier molecular flexibility index (Phi) is 2.98. The number of imide groups is 1. The van der Waals surface area contributed by atoms with Crippen LogP contribution < -0.4 is 5.32 Å². The van der Waals surface area contributed by atoms with E-state index in [-0.39, 0.29) is 17.7 Å². The summed E-state index contributed by atoms with van der Waals surface area (Å²) < 4.78 is 13.9. The number of hydrogen-bond acceptors (Lipinski definition) is 3. The number of amides is 3. The van der Waals surface area contributed by atoms with Crippen molar-refractivity contribution >= 4 is 11.9 Å². The second-order valence-electron chi connectivity index (χ2n) is 4.79. The minimum Gasteiger partial charge on any atom is -0.306 e. The summed E-state index contributed by atoms with van der Waals surface area (Å²) in [7, 11) is 0. The van der Waals surface area contributed by atoms with Crippen molar-refractivity contribution in [2.75, 3.05) is 0 Å². The van der Waals surface area contributed by atoms with Gasteiger partial charge in [0, 0.05) is 5.56 Å². The van der Waals surface area contributed by atoms with Crippen LogP contribution in [0.4, 0.5) is 9.18 Å². The maximum Gasteiger partial charge on any atom is 0.325 e. The normalized spacial score (nSPS) is 17.3. The standard InChI is InChI=1S/C13H12FN3O2/c1-13(2)11(18)16-12(19)17(13)7-9-5-3-4-8(6-15)10(9)14/h3-5H,7H2,1-2H3,(H,16,18,19). The van der Waals surface area contributed by atoms with Gasteiger partial charge >= 0.3 is 6.03 Å². The van der Waals surface area contributed by atoms with Crippen LogP contribution in [0.5, 0.6) is 0 Å². The van der Waals surface area contributed by atoms with E-state index in [4.69, 9.17) is 5.26 Å². The van der Waals surface area contributed by atoms with Gasteiger partial charge in [0.05, 0.1) is 12.1 Å². The zero-order valence-corrected chi connectivity index (χ0v) is 10.5. The fourth-order valence-corrected chi connectivity index (χ4v) is 1.92. The molecular weight excluding hydrogens is 249 g/mol. The number of carbonyl (C=O) groups is 2. The third-order valence-electron chi connectivity index (χ3n) is 3.22. The SMILES string of the molecule is CC1(C)C(=O)NC(=O)N1Cc1cccc(C#N)c1F. The fourth-order valence-electron chi connectivity index (χ4n) is 1.92. The lowest BCUT2D eigenvalue weighted by molar-refractivity contribution is -0.125. The summed E-state index contributed by atoms with van der Waals surface area (Å²) in [5, 5.41) is 10.9. The number of urea groups is 1. The average Bonchev–Trinajstić information content (AvgIpc) is 2.54. The molecule has 1 aliphatic heterocycles. The third kappa shape index (κ3) is 2.03. The van der Waals surface area contributed by atoms with Crippen LogP contribution in [0.1, 0.15) is 25.0 Å². The molecule has 0 aromatic heterocycles. The molecule has 1 fully saturated rings. The lowest BCUT2D eigenvalue weighted by Crippen LogP contribution is -2.43. The molecule has 1 N–H and O–H groups in total. The van der Waals surface area contributed by atoms with E-state index in [0.717, 1.165) is 0 Å². The van der Waals surface area contributed by atoms with E-state index >= 15 is 0 Å². The van der Waals surface area contributed by atoms with E-state index in [1.54, 1.807) is 26.0 Å². The number of carbonyl (C=O) groups excluding carboxylic acids is 2. The maximum atomic E-state index is 13.9. The molecule has 0 spiro atoms. The highest BCUT2D eigenvalue weighted by molar-refractivity contribution is 6.06. The van der Waals surface area contributed by atoms with Gasteiger partial charge in [0.1, 0.15) is 17.4 Å². The van der Waals surface area contributed by atoms with Gasteiger partial charge < -0.3 is 4.90 Å². The molecule has 2 rings (SSSR count). The highest BCUT2D eigenvalue weighted by Gasteiger charge is 2.45. The number of nitriles is 1. The smallest absolute Gasteiger partial charge is 0.306 e. The van der Waals surface area contributed by atoms with Gasteiger partial charge in [0.2, 0.25) is 0 Å². The van der Waals surface area contributed by atoms with Crippen molar-refractivity contribution < 1.29 is 14.0 Å². The molecule has 3 amide bonds. The fraction of sp³-hybridized carbons (Fsp3) is 0.308. The molecule has 0 saturated carbocycles. The Morgan fingerprint density at radius 2 is 2.11 bits per heavy atom. The van der Waals surface area contributed by atoms with Crippen LogP contribution in [0.25, 0.3) is 0 Å². The van der Waals surface area contributed by atoms with Gasteiger partial charge in [0.25, 0.3) is 5.91 Å². The van der Waals surface area contributed by atoms with Gasteiger partial charge in [-0.25, -0.2) is 9.18 Å². The van der Waals surface area contributed by atoms with Crippen LogP contribution in [0.2, 0.25) is 0 Å². The maximum absolute atomic E-state index is 13.9. The van der Waals surface area contributed by atoms with Crippen LogP contribution in [-0.4, -0.2) is 22.4 Å². The third-order valence-corrected chi connectivity index (χ3v) is 3.22. The lowest BCUT2D eigenvalue weighted by Gasteiger charge is -2.28. The molecule has 1 aromatic carbocycles. The molecule has 6 heteroatoms. The molecule has 0 radical (unpaired) electrons. The molecule has 5 nitrogen and oxygen atoms in total. The van der Waals surface area contributed by atoms with Crippen molar-refractivity contribution in [3.8, 4) is 6.07 Å². The summed E-state index contributed by atoms with van der Waals surface area (Å²) in [4.78, 5) is 24.5. The van der Waals surface area contributed by atoms with E-state index in [0.29, 0.717) is 0 Å². The van der Waals surface area contributed by atoms with Crippen LogP contribution >= 0.6 is 0 Å². The monoisotopic (exact) mass is 261 g/mol. The summed E-state index contributed by atoms with van der Waals surface area (Å²) >= 11 is 0. The van der Waals surface area contributed by atoms with Gasteiger partial charge in [-0.3, -0.25) is 10.1 Å². The Morgan fingerprint density at radius 3 is 2.63 bits per heavy atom. The van der Waals surface area contributed by atoms with E-state index in [1.807, 2.05) is 0 Å². The summed E-state index contributed by atoms with van der Waals surface area (Å²) in [5.74, 6) is -1.08. The van der Waals surface area contributed by atoms with Gasteiger partial charge in [-0.2, -0.15) is 5.26 Å². The summed E-state index contributed by atoms with van der Waals surface area (Å²) in [5.41, 5.74) is -0.912. The summed E-state index contributed by atoms with van der Waals surface area (Å²) in [6.45, 7) is 3.10. The van der Waals surface area contributed by atoms with Crippen molar-refractivity contribution in [1.29, 1.82) is 5.26 Å². The van der Waals surface area contributed by atoms with E-state index < -0.39 is 23.3 Å². The minimum absolute atomic E-state index is 0.0636. The largest absolute Gasteiger partial charge is 0.325 e. The lowest BCUT2D eigenvalue weighted by atomic mass is 10.0. The quantitative estimate of drug-likeness (QED) is 0.820. The molecule has 0 bridgehead atoms. The van der Waals surface area contributed by atoms with Crippen LogP contribution in [0.15, 0.2) is 18.2 Å². The second kappa shape index (κ2) is 4.35. The Balaban J connectivity index is 2.35. The van der Waals surface area contributed by atoms with Crippen molar-refractivity contribution in [2.45, 2.75) is 25.9 Å². The Bertz CT molecular complexity index is 604. The Hall–Kier alpha value is -2.42. The van der Waals surface area contributed by atoms with E-state index in [9.17, 15) is 14.0 Å². The molecule has 1 aliphatic rings. The Labute approximate surface area is 109 Å². The van der Waals surface area contributed by atoms with E-state index in [1.165, 1.54) is 17.0 Å². The molecule has 0 aliphatic carbocycles. The van der Waals surface area contributed by atoms with Gasteiger partial charge in [-0.05, 0) is 19.9 Å². The van der Waals surface area contributed by atoms with Crippen LogP contribution in [0, 0.1) is 17.1 Å². The number of halogens is 1. The molecule has 1 aromatic rings. The summed E-state index contributed by atoms with van der Waals surface area (Å²) in [6, 6.07) is 5.57. The highest BCUT2D eigenvalue weighted by Crippen LogP contribution is 2.25. The Morgan fingerprint density at radius 1 is 1.42 bits per heavy atom. The zero-order chi connectivity index (χ0) is 14.2. The predicted octanol–water partition coefficient (Wildman–Crippen LogP) is 1.53. The molecule has 19 heavy (non-hydrogen) atoms. The number of nitrogens with zero attached hydrogens (tertiary/aromatic N) is 2. The molecular formula is C13H12FN3O2. The van der Waals surface area contributed by atoms with Gasteiger partial charge in [-0.1, -0.05) is 12.1 Å². The summed E-state index contributed by atoms with van der Waals surface area (Å²) in [6.07, 6.45) is 0. The number of benzene rings is 1. The van der Waals surface area contributed by atoms with Crippen molar-refractivity contribution in [2.24, 2.45) is 0 Å². The van der Waals surface area contributed by atoms with E-state index in [2.05, 4.69) is 5.32 Å². The van der Waals surface area contributed by atoms with Gasteiger partial charge in [0.15, 0.2) is 0 Å². The number of nitrogens with one attached hydrogen (secondary N) is 1. The first kappa shape index (κ1) is 13.0. The number of hydrogen-bond donors (Lipinski definition) is 1. The van der Waals surface area contributed by atoms with Crippen LogP contribution in [0.3, 0.4) is 0 Å². The highest BCUT2D eigenvalue weighted by atomic mass is 19.1. The predicted molar refractivity (Wildman–Crippen MR) is 64.3 cm³/mol. The van der Waals surface area contributed by atoms with Crippen molar-refractivity contribution in [3.05, 3.63) is 35.1 Å². The molecule has 1 saturated heterocycles. The van der Waals surface area contributed by atoms with Gasteiger partial charge in [-0.15, -0.1) is 0 Å². The molecule has 1 heterocycles. The van der Waals surface area contributed by atoms with Crippen molar-refractivity contribution in [1.82, 2.24) is 10.2 Å². The van der Waals surface area contributed by atoms with Crippen molar-refractivity contribution in [3.63, 3.8) is 0 Å². The second-order valence-corrected chi connectivity index (χ2v) is 4.79. The molecule has 0 atom stereocenters.